The normalized spacial score (nSPS) is 11.7. The predicted octanol–water partition coefficient (Wildman–Crippen LogP) is 9.28. The van der Waals surface area contributed by atoms with E-state index in [4.69, 9.17) is 9.97 Å². The van der Waals surface area contributed by atoms with Crippen molar-refractivity contribution >= 4 is 53.4 Å². The van der Waals surface area contributed by atoms with Crippen LogP contribution in [0.1, 0.15) is 0 Å². The van der Waals surface area contributed by atoms with Gasteiger partial charge in [-0.3, -0.25) is 4.57 Å². The summed E-state index contributed by atoms with van der Waals surface area (Å²) in [7, 11) is 0. The number of hydrogen-bond acceptors (Lipinski definition) is 3. The van der Waals surface area contributed by atoms with Crippen molar-refractivity contribution < 1.29 is 0 Å². The fourth-order valence-corrected chi connectivity index (χ4v) is 6.61. The lowest BCUT2D eigenvalue weighted by molar-refractivity contribution is 1.09. The molecule has 0 saturated heterocycles. The largest absolute Gasteiger partial charge is 0.291 e. The molecule has 0 spiro atoms. The van der Waals surface area contributed by atoms with E-state index in [2.05, 4.69) is 120 Å². The number of pyridine rings is 2. The Balaban J connectivity index is 1.51. The van der Waals surface area contributed by atoms with Crippen molar-refractivity contribution in [3.05, 3.63) is 127 Å². The first-order valence-corrected chi connectivity index (χ1v) is 13.5. The highest BCUT2D eigenvalue weighted by molar-refractivity contribution is 7.26. The molecule has 178 valence electrons. The van der Waals surface area contributed by atoms with Crippen LogP contribution in [0.3, 0.4) is 0 Å². The fraction of sp³-hybridized carbons (Fsp3) is 0. The van der Waals surface area contributed by atoms with Gasteiger partial charge < -0.3 is 0 Å². The van der Waals surface area contributed by atoms with E-state index in [1.807, 2.05) is 23.5 Å². The topological polar surface area (TPSA) is 30.7 Å². The Kier molecular flexibility index (Phi) is 4.69. The van der Waals surface area contributed by atoms with Gasteiger partial charge in [0.15, 0.2) is 0 Å². The Morgan fingerprint density at radius 1 is 0.500 bits per heavy atom. The third kappa shape index (κ3) is 3.21. The van der Waals surface area contributed by atoms with Gasteiger partial charge in [0, 0.05) is 36.7 Å². The second-order valence-electron chi connectivity index (χ2n) is 9.45. The Labute approximate surface area is 223 Å². The maximum Gasteiger partial charge on any atom is 0.138 e. The maximum absolute atomic E-state index is 5.23. The van der Waals surface area contributed by atoms with Crippen LogP contribution in [0.2, 0.25) is 0 Å². The van der Waals surface area contributed by atoms with Crippen LogP contribution in [0.15, 0.2) is 127 Å². The molecule has 0 atom stereocenters. The lowest BCUT2D eigenvalue weighted by Gasteiger charge is -2.10. The zero-order valence-corrected chi connectivity index (χ0v) is 21.2. The minimum absolute atomic E-state index is 0.892. The van der Waals surface area contributed by atoms with Crippen LogP contribution in [0, 0.1) is 0 Å². The molecule has 0 bridgehead atoms. The Morgan fingerprint density at radius 3 is 2.00 bits per heavy atom. The summed E-state index contributed by atoms with van der Waals surface area (Å²) in [5.41, 5.74) is 7.34. The Bertz CT molecular complexity index is 2120. The zero-order chi connectivity index (χ0) is 25.1. The smallest absolute Gasteiger partial charge is 0.138 e. The highest BCUT2D eigenvalue weighted by atomic mass is 32.1. The molecule has 0 unspecified atom stereocenters. The van der Waals surface area contributed by atoms with Gasteiger partial charge in [0.25, 0.3) is 0 Å². The van der Waals surface area contributed by atoms with E-state index < -0.39 is 0 Å². The van der Waals surface area contributed by atoms with Crippen molar-refractivity contribution in [1.82, 2.24) is 14.5 Å². The lowest BCUT2D eigenvalue weighted by Crippen LogP contribution is -1.99. The molecular formula is C34H21N3S. The number of nitrogens with zero attached hydrogens (tertiary/aromatic N) is 3. The van der Waals surface area contributed by atoms with Gasteiger partial charge in [0.1, 0.15) is 5.82 Å². The van der Waals surface area contributed by atoms with Gasteiger partial charge in [-0.1, -0.05) is 84.9 Å². The lowest BCUT2D eigenvalue weighted by atomic mass is 10.1. The molecule has 4 heteroatoms. The molecule has 0 aliphatic rings. The van der Waals surface area contributed by atoms with E-state index in [-0.39, 0.29) is 0 Å². The number of fused-ring (bicyclic) bond motifs is 7. The highest BCUT2D eigenvalue weighted by Crippen LogP contribution is 2.42. The van der Waals surface area contributed by atoms with Gasteiger partial charge in [0.2, 0.25) is 0 Å². The van der Waals surface area contributed by atoms with Crippen LogP contribution in [0.4, 0.5) is 0 Å². The van der Waals surface area contributed by atoms with E-state index >= 15 is 0 Å². The molecule has 38 heavy (non-hydrogen) atoms. The summed E-state index contributed by atoms with van der Waals surface area (Å²) in [6.07, 6.45) is 0. The van der Waals surface area contributed by atoms with E-state index in [1.54, 1.807) is 0 Å². The summed E-state index contributed by atoms with van der Waals surface area (Å²) in [5, 5.41) is 3.67. The standard InChI is InChI=1S/C34H21N3S/c1-3-10-22(11-4-1)26-15-9-17-31(35-26)37-28-20-19-27(23-12-5-2-6-13-23)36-33(28)25-18-21-30-32(34(25)37)24-14-7-8-16-29(24)38-30/h1-21H. The molecule has 0 saturated carbocycles. The molecule has 4 aromatic heterocycles. The monoisotopic (exact) mass is 503 g/mol. The van der Waals surface area contributed by atoms with Crippen molar-refractivity contribution in [2.45, 2.75) is 0 Å². The molecule has 4 heterocycles. The maximum atomic E-state index is 5.23. The molecule has 0 fully saturated rings. The second-order valence-corrected chi connectivity index (χ2v) is 10.5. The summed E-state index contributed by atoms with van der Waals surface area (Å²) < 4.78 is 4.86. The molecule has 0 radical (unpaired) electrons. The van der Waals surface area contributed by atoms with E-state index in [9.17, 15) is 0 Å². The molecule has 8 rings (SSSR count). The molecular weight excluding hydrogens is 482 g/mol. The summed E-state index contributed by atoms with van der Waals surface area (Å²) in [4.78, 5) is 10.4. The van der Waals surface area contributed by atoms with Crippen molar-refractivity contribution in [3.63, 3.8) is 0 Å². The molecule has 0 amide bonds. The van der Waals surface area contributed by atoms with Gasteiger partial charge in [-0.15, -0.1) is 11.3 Å². The number of hydrogen-bond donors (Lipinski definition) is 0. The molecule has 3 nitrogen and oxygen atoms in total. The van der Waals surface area contributed by atoms with Gasteiger partial charge in [-0.25, -0.2) is 9.97 Å². The average molecular weight is 504 g/mol. The van der Waals surface area contributed by atoms with Crippen molar-refractivity contribution in [2.75, 3.05) is 0 Å². The average Bonchev–Trinajstić information content (AvgIpc) is 3.53. The van der Waals surface area contributed by atoms with Gasteiger partial charge in [0.05, 0.1) is 27.9 Å². The quantitative estimate of drug-likeness (QED) is 0.240. The summed E-state index contributed by atoms with van der Waals surface area (Å²) >= 11 is 1.84. The Hall–Kier alpha value is -4.80. The summed E-state index contributed by atoms with van der Waals surface area (Å²) in [6.45, 7) is 0. The van der Waals surface area contributed by atoms with Gasteiger partial charge in [-0.2, -0.15) is 0 Å². The summed E-state index contributed by atoms with van der Waals surface area (Å²) in [5.74, 6) is 0.892. The molecule has 0 aliphatic carbocycles. The van der Waals surface area contributed by atoms with Crippen LogP contribution in [0.5, 0.6) is 0 Å². The SMILES string of the molecule is c1ccc(-c2cccc(-n3c4ccc(-c5ccccc5)nc4c4ccc5sc6ccccc6c5c43)n2)cc1. The van der Waals surface area contributed by atoms with Crippen LogP contribution < -0.4 is 0 Å². The number of rotatable bonds is 3. The number of aromatic nitrogens is 3. The number of benzene rings is 4. The third-order valence-electron chi connectivity index (χ3n) is 7.21. The van der Waals surface area contributed by atoms with E-state index in [1.165, 1.54) is 20.2 Å². The van der Waals surface area contributed by atoms with Crippen molar-refractivity contribution in [1.29, 1.82) is 0 Å². The van der Waals surface area contributed by atoms with Crippen molar-refractivity contribution in [2.24, 2.45) is 0 Å². The Morgan fingerprint density at radius 2 is 1.21 bits per heavy atom. The molecule has 0 aliphatic heterocycles. The van der Waals surface area contributed by atoms with Crippen LogP contribution >= 0.6 is 11.3 Å². The summed E-state index contributed by atoms with van der Waals surface area (Å²) in [6, 6.07) is 44.5. The third-order valence-corrected chi connectivity index (χ3v) is 8.35. The van der Waals surface area contributed by atoms with Crippen LogP contribution in [-0.2, 0) is 0 Å². The highest BCUT2D eigenvalue weighted by Gasteiger charge is 2.20. The minimum atomic E-state index is 0.892. The predicted molar refractivity (Wildman–Crippen MR) is 160 cm³/mol. The first kappa shape index (κ1) is 21.3. The first-order chi connectivity index (χ1) is 18.8. The fourth-order valence-electron chi connectivity index (χ4n) is 5.50. The zero-order valence-electron chi connectivity index (χ0n) is 20.4. The molecule has 8 aromatic rings. The van der Waals surface area contributed by atoms with Gasteiger partial charge in [-0.05, 0) is 42.5 Å². The number of thiophene rings is 1. The molecule has 4 aromatic carbocycles. The van der Waals surface area contributed by atoms with Crippen LogP contribution in [0.25, 0.3) is 70.4 Å². The first-order valence-electron chi connectivity index (χ1n) is 12.7. The van der Waals surface area contributed by atoms with E-state index in [0.29, 0.717) is 0 Å². The van der Waals surface area contributed by atoms with Crippen LogP contribution in [-0.4, -0.2) is 14.5 Å². The minimum Gasteiger partial charge on any atom is -0.291 e. The van der Waals surface area contributed by atoms with Crippen molar-refractivity contribution in [3.8, 4) is 28.3 Å². The molecule has 0 N–H and O–H groups in total. The second kappa shape index (κ2) is 8.37. The van der Waals surface area contributed by atoms with Gasteiger partial charge >= 0.3 is 0 Å². The van der Waals surface area contributed by atoms with E-state index in [0.717, 1.165) is 50.3 Å².